The topological polar surface area (TPSA) is 96.4 Å². The van der Waals surface area contributed by atoms with E-state index in [1.807, 2.05) is 40.7 Å². The van der Waals surface area contributed by atoms with Crippen LogP contribution >= 0.6 is 0 Å². The fraction of sp³-hybridized carbons (Fsp3) is 0.696. The first-order valence-electron chi connectivity index (χ1n) is 11.0. The van der Waals surface area contributed by atoms with E-state index in [2.05, 4.69) is 0 Å². The summed E-state index contributed by atoms with van der Waals surface area (Å²) in [6.07, 6.45) is 6.49. The Morgan fingerprint density at radius 3 is 2.52 bits per heavy atom. The molecule has 4 aliphatic heterocycles. The normalized spacial score (nSPS) is 36.2. The molecule has 6 atom stereocenters. The Kier molecular flexibility index (Phi) is 5.29. The predicted octanol–water partition coefficient (Wildman–Crippen LogP) is 0.894. The van der Waals surface area contributed by atoms with Gasteiger partial charge >= 0.3 is 5.97 Å². The molecule has 2 amide bonds. The number of carbonyl (C=O) groups is 3. The molecular weight excluding hydrogens is 400 g/mol. The predicted molar refractivity (Wildman–Crippen MR) is 112 cm³/mol. The second kappa shape index (κ2) is 7.45. The summed E-state index contributed by atoms with van der Waals surface area (Å²) < 4.78 is 11.8. The van der Waals surface area contributed by atoms with Crippen molar-refractivity contribution in [1.82, 2.24) is 9.80 Å². The van der Waals surface area contributed by atoms with E-state index in [-0.39, 0.29) is 30.9 Å². The number of rotatable bonds is 3. The molecule has 0 aromatic rings. The van der Waals surface area contributed by atoms with E-state index in [1.54, 1.807) is 23.1 Å². The molecule has 1 N–H and O–H groups in total. The Bertz CT molecular complexity index is 843. The fourth-order valence-corrected chi connectivity index (χ4v) is 5.49. The third-order valence-electron chi connectivity index (χ3n) is 6.98. The number of aliphatic hydroxyl groups excluding tert-OH is 1. The van der Waals surface area contributed by atoms with Crippen molar-refractivity contribution in [3.8, 4) is 0 Å². The van der Waals surface area contributed by atoms with Crippen LogP contribution in [0.15, 0.2) is 24.3 Å². The number of nitrogens with zero attached hydrogens (tertiary/aromatic N) is 2. The maximum absolute atomic E-state index is 14.0. The molecule has 2 saturated heterocycles. The average molecular weight is 433 g/mol. The number of likely N-dealkylation sites (tertiary alicyclic amines) is 1. The van der Waals surface area contributed by atoms with Gasteiger partial charge in [-0.15, -0.1) is 0 Å². The Hall–Kier alpha value is -2.19. The van der Waals surface area contributed by atoms with E-state index >= 15 is 0 Å². The maximum Gasteiger partial charge on any atom is 0.313 e. The van der Waals surface area contributed by atoms with Gasteiger partial charge in [-0.05, 0) is 32.8 Å². The highest BCUT2D eigenvalue weighted by atomic mass is 16.6. The van der Waals surface area contributed by atoms with Gasteiger partial charge in [-0.25, -0.2) is 0 Å². The average Bonchev–Trinajstić information content (AvgIpc) is 2.96. The first kappa shape index (κ1) is 22.0. The molecule has 2 unspecified atom stereocenters. The van der Waals surface area contributed by atoms with E-state index < -0.39 is 47.1 Å². The summed E-state index contributed by atoms with van der Waals surface area (Å²) in [6.45, 7) is 9.86. The highest BCUT2D eigenvalue weighted by molar-refractivity contribution is 5.99. The van der Waals surface area contributed by atoms with Crippen LogP contribution in [0.25, 0.3) is 0 Å². The van der Waals surface area contributed by atoms with Crippen molar-refractivity contribution in [1.29, 1.82) is 0 Å². The zero-order valence-electron chi connectivity index (χ0n) is 18.8. The van der Waals surface area contributed by atoms with E-state index in [9.17, 15) is 19.5 Å². The Labute approximate surface area is 182 Å². The number of carbonyl (C=O) groups excluding carboxylic acids is 3. The first-order valence-corrected chi connectivity index (χ1v) is 11.0. The van der Waals surface area contributed by atoms with Gasteiger partial charge in [0.15, 0.2) is 0 Å². The van der Waals surface area contributed by atoms with Gasteiger partial charge in [-0.2, -0.15) is 0 Å². The minimum Gasteiger partial charge on any atom is -0.461 e. The lowest BCUT2D eigenvalue weighted by Gasteiger charge is -2.42. The van der Waals surface area contributed by atoms with Crippen LogP contribution in [0.5, 0.6) is 0 Å². The number of esters is 1. The molecule has 4 rings (SSSR count). The van der Waals surface area contributed by atoms with Gasteiger partial charge in [0.05, 0.1) is 24.7 Å². The van der Waals surface area contributed by atoms with Crippen LogP contribution in [0.3, 0.4) is 0 Å². The summed E-state index contributed by atoms with van der Waals surface area (Å²) in [5, 5.41) is 10.2. The van der Waals surface area contributed by atoms with Gasteiger partial charge in [0.25, 0.3) is 0 Å². The van der Waals surface area contributed by atoms with E-state index in [1.165, 1.54) is 4.90 Å². The van der Waals surface area contributed by atoms with Gasteiger partial charge in [0.1, 0.15) is 24.2 Å². The van der Waals surface area contributed by atoms with Crippen LogP contribution in [-0.2, 0) is 23.9 Å². The highest BCUT2D eigenvalue weighted by Crippen LogP contribution is 2.54. The molecule has 0 saturated carbocycles. The second-order valence-electron chi connectivity index (χ2n) is 10.2. The molecule has 0 radical (unpaired) electrons. The van der Waals surface area contributed by atoms with Crippen LogP contribution in [0, 0.1) is 17.8 Å². The maximum atomic E-state index is 14.0. The molecule has 0 aromatic heterocycles. The Morgan fingerprint density at radius 1 is 1.19 bits per heavy atom. The third-order valence-corrected chi connectivity index (χ3v) is 6.98. The number of hydrogen-bond acceptors (Lipinski definition) is 6. The quantitative estimate of drug-likeness (QED) is 0.526. The molecular formula is C23H32N2O6. The molecule has 2 fully saturated rings. The summed E-state index contributed by atoms with van der Waals surface area (Å²) in [5.41, 5.74) is -1.76. The van der Waals surface area contributed by atoms with Crippen LogP contribution in [0.2, 0.25) is 0 Å². The van der Waals surface area contributed by atoms with E-state index in [4.69, 9.17) is 9.47 Å². The SMILES string of the molecule is CC(C)C(CO)N1C(=O)[C@@H]2[C@H]3C(=O)OCC=C[C@H]3OC23C=CCN(C(C)(C)C)C(=O)[C@@H]13. The summed E-state index contributed by atoms with van der Waals surface area (Å²) in [4.78, 5) is 43.9. The largest absolute Gasteiger partial charge is 0.461 e. The zero-order valence-corrected chi connectivity index (χ0v) is 18.8. The second-order valence-corrected chi connectivity index (χ2v) is 10.2. The van der Waals surface area contributed by atoms with Crippen molar-refractivity contribution in [2.24, 2.45) is 17.8 Å². The van der Waals surface area contributed by atoms with Crippen LogP contribution in [0.4, 0.5) is 0 Å². The molecule has 4 aliphatic rings. The van der Waals surface area contributed by atoms with E-state index in [0.717, 1.165) is 0 Å². The molecule has 8 heteroatoms. The fourth-order valence-electron chi connectivity index (χ4n) is 5.49. The summed E-state index contributed by atoms with van der Waals surface area (Å²) in [6, 6.07) is -1.53. The number of cyclic esters (lactones) is 1. The summed E-state index contributed by atoms with van der Waals surface area (Å²) in [5.74, 6) is -2.87. The van der Waals surface area contributed by atoms with Crippen molar-refractivity contribution in [3.63, 3.8) is 0 Å². The molecule has 1 spiro atoms. The molecule has 170 valence electrons. The van der Waals surface area contributed by atoms with E-state index in [0.29, 0.717) is 6.54 Å². The van der Waals surface area contributed by atoms with Gasteiger partial charge < -0.3 is 24.4 Å². The Balaban J connectivity index is 1.90. The van der Waals surface area contributed by atoms with Gasteiger partial charge in [0, 0.05) is 12.1 Å². The molecule has 31 heavy (non-hydrogen) atoms. The smallest absolute Gasteiger partial charge is 0.313 e. The highest BCUT2D eigenvalue weighted by Gasteiger charge is 2.73. The van der Waals surface area contributed by atoms with Crippen LogP contribution in [0.1, 0.15) is 34.6 Å². The van der Waals surface area contributed by atoms with Crippen molar-refractivity contribution in [2.75, 3.05) is 19.8 Å². The molecule has 0 bridgehead atoms. The number of fused-ring (bicyclic) bond motifs is 2. The molecule has 8 nitrogen and oxygen atoms in total. The van der Waals surface area contributed by atoms with Crippen molar-refractivity contribution >= 4 is 17.8 Å². The molecule has 0 aliphatic carbocycles. The Morgan fingerprint density at radius 2 is 1.90 bits per heavy atom. The number of aliphatic hydroxyl groups is 1. The standard InChI is InChI=1S/C23H32N2O6/c1-13(2)14(12-26)25-18-20(28)24(22(3,4)5)10-7-9-23(18)17(19(25)27)16-15(31-23)8-6-11-30-21(16)29/h6-9,13-18,26H,10-12H2,1-5H3/t14?,15-,16+,17+,18-,23?/m1/s1. The third kappa shape index (κ3) is 3.14. The lowest BCUT2D eigenvalue weighted by molar-refractivity contribution is -0.157. The van der Waals surface area contributed by atoms with Gasteiger partial charge in [0.2, 0.25) is 11.8 Å². The summed E-state index contributed by atoms with van der Waals surface area (Å²) in [7, 11) is 0. The van der Waals surface area contributed by atoms with Gasteiger partial charge in [-0.1, -0.05) is 32.1 Å². The number of ether oxygens (including phenoxy) is 2. The zero-order chi connectivity index (χ0) is 22.7. The number of hydrogen-bond donors (Lipinski definition) is 1. The lowest BCUT2D eigenvalue weighted by Crippen LogP contribution is -2.61. The van der Waals surface area contributed by atoms with Crippen LogP contribution < -0.4 is 0 Å². The van der Waals surface area contributed by atoms with Crippen molar-refractivity contribution < 1.29 is 29.0 Å². The lowest BCUT2D eigenvalue weighted by atomic mass is 9.78. The summed E-state index contributed by atoms with van der Waals surface area (Å²) >= 11 is 0. The monoisotopic (exact) mass is 432 g/mol. The first-order chi connectivity index (χ1) is 14.5. The minimum atomic E-state index is -1.29. The van der Waals surface area contributed by atoms with Crippen LogP contribution in [-0.4, -0.2) is 81.8 Å². The number of amides is 2. The van der Waals surface area contributed by atoms with Gasteiger partial charge in [-0.3, -0.25) is 14.4 Å². The van der Waals surface area contributed by atoms with Crippen molar-refractivity contribution in [2.45, 2.75) is 63.9 Å². The molecule has 4 heterocycles. The minimum absolute atomic E-state index is 0.0928. The van der Waals surface area contributed by atoms with Crippen molar-refractivity contribution in [3.05, 3.63) is 24.3 Å². The molecule has 0 aromatic carbocycles.